The van der Waals surface area contributed by atoms with Gasteiger partial charge in [0.25, 0.3) is 0 Å². The summed E-state index contributed by atoms with van der Waals surface area (Å²) in [5.41, 5.74) is 5.60. The van der Waals surface area contributed by atoms with Crippen LogP contribution in [-0.2, 0) is 6.42 Å². The van der Waals surface area contributed by atoms with Gasteiger partial charge in [-0.25, -0.2) is 0 Å². The number of hydrogen-bond donors (Lipinski definition) is 1. The van der Waals surface area contributed by atoms with Crippen LogP contribution in [0, 0.1) is 0 Å². The van der Waals surface area contributed by atoms with E-state index >= 15 is 0 Å². The number of phenolic OH excluding ortho intramolecular Hbond substituents is 1. The second kappa shape index (κ2) is 4.85. The van der Waals surface area contributed by atoms with Gasteiger partial charge in [0, 0.05) is 11.1 Å². The van der Waals surface area contributed by atoms with Crippen LogP contribution in [0.15, 0.2) is 66.7 Å². The molecule has 0 atom stereocenters. The Bertz CT molecular complexity index is 894. The van der Waals surface area contributed by atoms with Crippen LogP contribution in [0.2, 0.25) is 0 Å². The first-order valence-corrected chi connectivity index (χ1v) is 7.28. The molecule has 0 unspecified atom stereocenters. The van der Waals surface area contributed by atoms with E-state index in [0.717, 1.165) is 39.8 Å². The summed E-state index contributed by atoms with van der Waals surface area (Å²) in [7, 11) is 0. The van der Waals surface area contributed by atoms with Gasteiger partial charge in [0.1, 0.15) is 5.75 Å². The molecule has 1 aliphatic rings. The fourth-order valence-corrected chi connectivity index (χ4v) is 3.17. The van der Waals surface area contributed by atoms with Crippen molar-refractivity contribution in [1.29, 1.82) is 0 Å². The minimum atomic E-state index is 0.0823. The number of aromatic hydroxyl groups is 1. The van der Waals surface area contributed by atoms with E-state index < -0.39 is 0 Å². The summed E-state index contributed by atoms with van der Waals surface area (Å²) in [5.74, 6) is 0.316. The Morgan fingerprint density at radius 2 is 1.50 bits per heavy atom. The van der Waals surface area contributed by atoms with Crippen LogP contribution in [0.5, 0.6) is 5.75 Å². The van der Waals surface area contributed by atoms with Gasteiger partial charge in [-0.1, -0.05) is 54.6 Å². The van der Waals surface area contributed by atoms with Crippen LogP contribution in [0.25, 0.3) is 11.1 Å². The van der Waals surface area contributed by atoms with Crippen LogP contribution in [-0.4, -0.2) is 10.9 Å². The first-order chi connectivity index (χ1) is 10.7. The maximum absolute atomic E-state index is 12.7. The average molecular weight is 286 g/mol. The predicted molar refractivity (Wildman–Crippen MR) is 86.2 cm³/mol. The molecule has 0 radical (unpaired) electrons. The average Bonchev–Trinajstić information content (AvgIpc) is 2.55. The van der Waals surface area contributed by atoms with Crippen molar-refractivity contribution in [3.63, 3.8) is 0 Å². The molecule has 2 heteroatoms. The minimum absolute atomic E-state index is 0.0823. The molecule has 1 aliphatic carbocycles. The van der Waals surface area contributed by atoms with Gasteiger partial charge in [-0.3, -0.25) is 4.79 Å². The van der Waals surface area contributed by atoms with E-state index in [4.69, 9.17) is 0 Å². The van der Waals surface area contributed by atoms with Crippen molar-refractivity contribution in [3.05, 3.63) is 89.0 Å². The molecule has 3 aromatic carbocycles. The third-order valence-corrected chi connectivity index (χ3v) is 4.21. The van der Waals surface area contributed by atoms with E-state index in [1.807, 2.05) is 54.6 Å². The topological polar surface area (TPSA) is 37.3 Å². The number of rotatable bonds is 1. The van der Waals surface area contributed by atoms with Crippen molar-refractivity contribution in [2.24, 2.45) is 0 Å². The molecule has 0 amide bonds. The largest absolute Gasteiger partial charge is 0.508 e. The molecule has 0 aromatic heterocycles. The number of hydrogen-bond acceptors (Lipinski definition) is 2. The molecular formula is C20H14O2. The SMILES string of the molecule is O=C1c2ccccc2Cc2c1cccc2-c1cccc(O)c1. The highest BCUT2D eigenvalue weighted by atomic mass is 16.3. The van der Waals surface area contributed by atoms with Crippen LogP contribution in [0.4, 0.5) is 0 Å². The summed E-state index contributed by atoms with van der Waals surface area (Å²) in [6, 6.07) is 20.7. The zero-order valence-electron chi connectivity index (χ0n) is 11.9. The molecule has 22 heavy (non-hydrogen) atoms. The van der Waals surface area contributed by atoms with Crippen molar-refractivity contribution < 1.29 is 9.90 Å². The van der Waals surface area contributed by atoms with Gasteiger partial charge in [0.15, 0.2) is 5.78 Å². The van der Waals surface area contributed by atoms with Gasteiger partial charge in [0.05, 0.1) is 0 Å². The van der Waals surface area contributed by atoms with E-state index in [2.05, 4.69) is 0 Å². The lowest BCUT2D eigenvalue weighted by atomic mass is 9.81. The number of fused-ring (bicyclic) bond motifs is 2. The van der Waals surface area contributed by atoms with Crippen molar-refractivity contribution in [1.82, 2.24) is 0 Å². The molecule has 0 heterocycles. The molecule has 4 rings (SSSR count). The summed E-state index contributed by atoms with van der Waals surface area (Å²) in [4.78, 5) is 12.7. The Morgan fingerprint density at radius 1 is 0.773 bits per heavy atom. The molecule has 0 bridgehead atoms. The third-order valence-electron chi connectivity index (χ3n) is 4.21. The predicted octanol–water partition coefficient (Wildman–Crippen LogP) is 4.19. The molecule has 0 spiro atoms. The number of carbonyl (C=O) groups is 1. The zero-order valence-corrected chi connectivity index (χ0v) is 11.9. The van der Waals surface area contributed by atoms with Crippen LogP contribution >= 0.6 is 0 Å². The van der Waals surface area contributed by atoms with Crippen LogP contribution in [0.1, 0.15) is 27.0 Å². The highest BCUT2D eigenvalue weighted by Gasteiger charge is 2.24. The highest BCUT2D eigenvalue weighted by Crippen LogP contribution is 2.35. The molecular weight excluding hydrogens is 272 g/mol. The Balaban J connectivity index is 1.93. The lowest BCUT2D eigenvalue weighted by Gasteiger charge is -2.21. The maximum atomic E-state index is 12.7. The van der Waals surface area contributed by atoms with Gasteiger partial charge in [0.2, 0.25) is 0 Å². The van der Waals surface area contributed by atoms with E-state index in [9.17, 15) is 9.90 Å². The first kappa shape index (κ1) is 12.8. The van der Waals surface area contributed by atoms with Gasteiger partial charge in [-0.2, -0.15) is 0 Å². The Morgan fingerprint density at radius 3 is 2.36 bits per heavy atom. The Labute approximate surface area is 128 Å². The molecule has 2 nitrogen and oxygen atoms in total. The second-order valence-electron chi connectivity index (χ2n) is 5.55. The number of phenols is 1. The van der Waals surface area contributed by atoms with Crippen molar-refractivity contribution >= 4 is 5.78 Å². The van der Waals surface area contributed by atoms with Crippen molar-refractivity contribution in [2.75, 3.05) is 0 Å². The van der Waals surface area contributed by atoms with Crippen molar-refractivity contribution in [3.8, 4) is 16.9 Å². The highest BCUT2D eigenvalue weighted by molar-refractivity contribution is 6.13. The van der Waals surface area contributed by atoms with E-state index in [1.54, 1.807) is 12.1 Å². The summed E-state index contributed by atoms with van der Waals surface area (Å²) in [6.07, 6.45) is 0.739. The standard InChI is InChI=1S/C20H14O2/c21-15-7-3-6-13(11-15)16-9-4-10-18-19(16)12-14-5-1-2-8-17(14)20(18)22/h1-11,21H,12H2. The first-order valence-electron chi connectivity index (χ1n) is 7.28. The lowest BCUT2D eigenvalue weighted by Crippen LogP contribution is -2.15. The molecule has 106 valence electrons. The molecule has 0 saturated carbocycles. The summed E-state index contributed by atoms with van der Waals surface area (Å²) < 4.78 is 0. The number of carbonyl (C=O) groups excluding carboxylic acids is 1. The zero-order chi connectivity index (χ0) is 15.1. The molecule has 0 fully saturated rings. The van der Waals surface area contributed by atoms with E-state index in [1.165, 1.54) is 0 Å². The fourth-order valence-electron chi connectivity index (χ4n) is 3.17. The molecule has 0 saturated heterocycles. The lowest BCUT2D eigenvalue weighted by molar-refractivity contribution is 0.103. The third kappa shape index (κ3) is 1.92. The molecule has 1 N–H and O–H groups in total. The van der Waals surface area contributed by atoms with Crippen LogP contribution in [0.3, 0.4) is 0 Å². The van der Waals surface area contributed by atoms with E-state index in [-0.39, 0.29) is 11.5 Å². The molecule has 0 aliphatic heterocycles. The van der Waals surface area contributed by atoms with Gasteiger partial charge in [-0.05, 0) is 40.8 Å². The number of ketones is 1. The van der Waals surface area contributed by atoms with Gasteiger partial charge >= 0.3 is 0 Å². The fraction of sp³-hybridized carbons (Fsp3) is 0.0500. The quantitative estimate of drug-likeness (QED) is 0.569. The maximum Gasteiger partial charge on any atom is 0.193 e. The van der Waals surface area contributed by atoms with Gasteiger partial charge in [-0.15, -0.1) is 0 Å². The Hall–Kier alpha value is -2.87. The normalized spacial score (nSPS) is 12.6. The number of benzene rings is 3. The summed E-state index contributed by atoms with van der Waals surface area (Å²) in [6.45, 7) is 0. The second-order valence-corrected chi connectivity index (χ2v) is 5.55. The monoisotopic (exact) mass is 286 g/mol. The minimum Gasteiger partial charge on any atom is -0.508 e. The smallest absolute Gasteiger partial charge is 0.193 e. The summed E-state index contributed by atoms with van der Waals surface area (Å²) >= 11 is 0. The molecule has 3 aromatic rings. The van der Waals surface area contributed by atoms with E-state index in [0.29, 0.717) is 0 Å². The van der Waals surface area contributed by atoms with Gasteiger partial charge < -0.3 is 5.11 Å². The Kier molecular flexibility index (Phi) is 2.83. The summed E-state index contributed by atoms with van der Waals surface area (Å²) in [5, 5.41) is 9.72. The van der Waals surface area contributed by atoms with Crippen molar-refractivity contribution in [2.45, 2.75) is 6.42 Å². The van der Waals surface area contributed by atoms with Crippen LogP contribution < -0.4 is 0 Å².